The van der Waals surface area contributed by atoms with Gasteiger partial charge in [0.2, 0.25) is 5.52 Å². The molecule has 1 nitrogen and oxygen atoms in total. The number of fused-ring (bicyclic) bond motifs is 1. The molecule has 0 bridgehead atoms. The highest BCUT2D eigenvalue weighted by atomic mass is 35.5. The van der Waals surface area contributed by atoms with Gasteiger partial charge in [0.05, 0.1) is 44.5 Å². The van der Waals surface area contributed by atoms with E-state index in [1.165, 1.54) is 16.5 Å². The van der Waals surface area contributed by atoms with Crippen LogP contribution in [-0.2, 0) is 56.0 Å². The van der Waals surface area contributed by atoms with Crippen molar-refractivity contribution in [2.45, 2.75) is 56.0 Å². The molecule has 0 unspecified atom stereocenters. The summed E-state index contributed by atoms with van der Waals surface area (Å²) in [5.74, 6) is 0. The Morgan fingerprint density at radius 1 is 0.320 bits per heavy atom. The summed E-state index contributed by atoms with van der Waals surface area (Å²) in [4.78, 5) is 0. The van der Waals surface area contributed by atoms with Crippen LogP contribution in [-0.4, -0.2) is 6.15 Å². The average Bonchev–Trinajstić information content (AvgIpc) is 3.28. The van der Waals surface area contributed by atoms with Gasteiger partial charge in [0.15, 0.2) is 12.7 Å². The van der Waals surface area contributed by atoms with Crippen LogP contribution >= 0.6 is 11.6 Å². The summed E-state index contributed by atoms with van der Waals surface area (Å²) >= 11 is 5.90. The van der Waals surface area contributed by atoms with Crippen molar-refractivity contribution in [1.29, 1.82) is 0 Å². The molecule has 27 heteroatoms. The molecule has 0 aliphatic carbocycles. The van der Waals surface area contributed by atoms with E-state index in [-0.39, 0.29) is 0 Å². The molecule has 0 spiro atoms. The zero-order chi connectivity index (χ0) is 56.3. The van der Waals surface area contributed by atoms with Gasteiger partial charge in [0.1, 0.15) is 6.15 Å². The number of aromatic nitrogens is 1. The minimum absolute atomic E-state index is 0.691. The maximum atomic E-state index is 14.2. The molecule has 0 saturated heterocycles. The molecule has 7 rings (SSSR count). The number of pyridine rings is 1. The van der Waals surface area contributed by atoms with Gasteiger partial charge in [-0.25, -0.2) is 0 Å². The number of rotatable bonds is 6. The third kappa shape index (κ3) is 13.1. The van der Waals surface area contributed by atoms with Crippen LogP contribution in [0.25, 0.3) is 10.9 Å². The lowest BCUT2D eigenvalue weighted by Gasteiger charge is -2.46. The van der Waals surface area contributed by atoms with Gasteiger partial charge in [-0.3, -0.25) is 0 Å². The fourth-order valence-corrected chi connectivity index (χ4v) is 8.34. The number of hydrogen-bond donors (Lipinski definition) is 0. The minimum Gasteiger partial charge on any atom is -0.194 e. The Labute approximate surface area is 410 Å². The van der Waals surface area contributed by atoms with Crippen LogP contribution in [0.4, 0.5) is 105 Å². The summed E-state index contributed by atoms with van der Waals surface area (Å²) < 4.78 is 343. The average molecular weight is 1120 g/mol. The first-order chi connectivity index (χ1) is 34.1. The van der Waals surface area contributed by atoms with E-state index in [9.17, 15) is 105 Å². The Morgan fingerprint density at radius 2 is 0.573 bits per heavy atom. The third-order valence-electron chi connectivity index (χ3n) is 11.5. The van der Waals surface area contributed by atoms with E-state index in [0.717, 1.165) is 11.6 Å². The summed E-state index contributed by atoms with van der Waals surface area (Å²) in [6.45, 7) is 0.860. The summed E-state index contributed by atoms with van der Waals surface area (Å²) in [5, 5.41) is 2.04. The summed E-state index contributed by atoms with van der Waals surface area (Å²) in [5.41, 5.74) is -27.7. The van der Waals surface area contributed by atoms with Gasteiger partial charge < -0.3 is 0 Å². The molecule has 0 atom stereocenters. The molecule has 0 N–H and O–H groups in total. The second kappa shape index (κ2) is 19.8. The van der Waals surface area contributed by atoms with E-state index in [1.54, 1.807) is 0 Å². The zero-order valence-corrected chi connectivity index (χ0v) is 37.2. The molecular weight excluding hydrogens is 1090 g/mol. The Kier molecular flexibility index (Phi) is 15.3. The van der Waals surface area contributed by atoms with E-state index in [0.29, 0.717) is 0 Å². The SMILES string of the molecule is Clc1ccc(C[n+]2cccc3ccccc32)cc1.FC(F)(F)c1cc([B-](c2cc(C(F)(F)F)cc(C(F)(F)F)c2)(c2cc(C(F)(F)F)cc(C(F)(F)F)c2)c2cc(C(F)(F)F)cc(C(F)(F)F)c2)cc(C(F)(F)F)c1. The summed E-state index contributed by atoms with van der Waals surface area (Å²) in [7, 11) is 0. The van der Waals surface area contributed by atoms with Crippen molar-refractivity contribution in [2.75, 3.05) is 0 Å². The zero-order valence-electron chi connectivity index (χ0n) is 36.5. The Hall–Kier alpha value is -6.60. The highest BCUT2D eigenvalue weighted by Crippen LogP contribution is 2.41. The third-order valence-corrected chi connectivity index (χ3v) is 11.7. The van der Waals surface area contributed by atoms with Crippen LogP contribution in [0.15, 0.2) is 140 Å². The van der Waals surface area contributed by atoms with Crippen molar-refractivity contribution in [3.8, 4) is 0 Å². The molecule has 400 valence electrons. The lowest BCUT2D eigenvalue weighted by Crippen LogP contribution is -2.75. The van der Waals surface area contributed by atoms with Crippen molar-refractivity contribution in [1.82, 2.24) is 0 Å². The molecule has 0 saturated carbocycles. The maximum Gasteiger partial charge on any atom is 0.416 e. The molecule has 7 aromatic rings. The topological polar surface area (TPSA) is 3.88 Å². The van der Waals surface area contributed by atoms with Gasteiger partial charge in [-0.2, -0.15) is 132 Å². The van der Waals surface area contributed by atoms with E-state index in [1.807, 2.05) is 12.1 Å². The fourth-order valence-electron chi connectivity index (χ4n) is 8.22. The summed E-state index contributed by atoms with van der Waals surface area (Å²) in [6, 6.07) is 11.8. The monoisotopic (exact) mass is 1120 g/mol. The van der Waals surface area contributed by atoms with Gasteiger partial charge in [-0.05, 0) is 48.5 Å². The van der Waals surface area contributed by atoms with Gasteiger partial charge in [-0.15, -0.1) is 0 Å². The number of nitrogens with zero attached hydrogens (tertiary/aromatic N) is 1. The molecule has 0 amide bonds. The second-order valence-electron chi connectivity index (χ2n) is 16.5. The number of hydrogen-bond acceptors (Lipinski definition) is 0. The standard InChI is InChI=1S/C32H12BF24.C16H13ClN/c34-25(35,36)13-1-14(26(37,38)39)6-21(5-13)33(22-7-15(27(40,41)42)2-16(8-22)28(43,44)45,23-9-17(29(46,47)48)3-18(10-23)30(49,50)51)24-11-19(31(52,53)54)4-20(12-24)32(55,56)57;17-15-9-7-13(8-10-15)12-18-11-3-5-14-4-1-2-6-16(14)18/h1-12H;1-11H,12H2/q-1;+1. The number of alkyl halides is 24. The predicted molar refractivity (Wildman–Crippen MR) is 225 cm³/mol. The van der Waals surface area contributed by atoms with E-state index < -0.39 is 195 Å². The molecule has 1 heterocycles. The maximum absolute atomic E-state index is 14.2. The first kappa shape index (κ1) is 57.7. The Bertz CT molecular complexity index is 2750. The molecule has 75 heavy (non-hydrogen) atoms. The molecule has 0 radical (unpaired) electrons. The van der Waals surface area contributed by atoms with E-state index >= 15 is 0 Å². The van der Waals surface area contributed by atoms with Crippen LogP contribution in [0, 0.1) is 0 Å². The predicted octanol–water partition coefficient (Wildman–Crippen LogP) is 15.0. The Balaban J connectivity index is 0.000000421. The van der Waals surface area contributed by atoms with Crippen molar-refractivity contribution in [3.63, 3.8) is 0 Å². The molecule has 0 fully saturated rings. The van der Waals surface area contributed by atoms with Crippen LogP contribution in [0.1, 0.15) is 50.1 Å². The molecular formula is C48H25BClF24N. The van der Waals surface area contributed by atoms with Gasteiger partial charge in [0.25, 0.3) is 0 Å². The minimum atomic E-state index is -6.13. The molecule has 6 aromatic carbocycles. The quantitative estimate of drug-likeness (QED) is 0.0888. The van der Waals surface area contributed by atoms with Crippen molar-refractivity contribution >= 4 is 50.5 Å². The molecule has 1 aromatic heterocycles. The first-order valence-corrected chi connectivity index (χ1v) is 20.9. The van der Waals surface area contributed by atoms with Crippen LogP contribution in [0.5, 0.6) is 0 Å². The number of halogens is 25. The lowest BCUT2D eigenvalue weighted by atomic mass is 9.12. The van der Waals surface area contributed by atoms with E-state index in [2.05, 4.69) is 59.3 Å². The molecule has 0 aliphatic rings. The van der Waals surface area contributed by atoms with Crippen LogP contribution in [0.3, 0.4) is 0 Å². The molecule has 0 aliphatic heterocycles. The van der Waals surface area contributed by atoms with Gasteiger partial charge >= 0.3 is 49.4 Å². The largest absolute Gasteiger partial charge is 0.416 e. The van der Waals surface area contributed by atoms with Crippen molar-refractivity contribution < 1.29 is 110 Å². The normalized spacial score (nSPS) is 13.5. The first-order valence-electron chi connectivity index (χ1n) is 20.6. The van der Waals surface area contributed by atoms with Crippen molar-refractivity contribution in [3.05, 3.63) is 195 Å². The second-order valence-corrected chi connectivity index (χ2v) is 17.0. The smallest absolute Gasteiger partial charge is 0.194 e. The van der Waals surface area contributed by atoms with E-state index in [4.69, 9.17) is 11.6 Å². The van der Waals surface area contributed by atoms with Gasteiger partial charge in [-0.1, -0.05) is 84.4 Å². The lowest BCUT2D eigenvalue weighted by molar-refractivity contribution is -0.662. The Morgan fingerprint density at radius 3 is 0.840 bits per heavy atom. The number of para-hydroxylation sites is 1. The highest BCUT2D eigenvalue weighted by molar-refractivity contribution is 7.20. The van der Waals surface area contributed by atoms with Gasteiger partial charge in [0, 0.05) is 28.1 Å². The number of benzene rings is 6. The summed E-state index contributed by atoms with van der Waals surface area (Å²) in [6.07, 6.45) is -52.7. The van der Waals surface area contributed by atoms with Crippen LogP contribution in [0.2, 0.25) is 5.02 Å². The highest BCUT2D eigenvalue weighted by Gasteiger charge is 2.47. The van der Waals surface area contributed by atoms with Crippen molar-refractivity contribution in [2.24, 2.45) is 0 Å². The van der Waals surface area contributed by atoms with Crippen LogP contribution < -0.4 is 26.4 Å². The fraction of sp³-hybridized carbons (Fsp3) is 0.188.